The summed E-state index contributed by atoms with van der Waals surface area (Å²) in [5, 5.41) is 17.7. The maximum absolute atomic E-state index is 13.4. The van der Waals surface area contributed by atoms with Crippen LogP contribution in [0.1, 0.15) is 56.7 Å². The van der Waals surface area contributed by atoms with Crippen LogP contribution < -0.4 is 0 Å². The van der Waals surface area contributed by atoms with Gasteiger partial charge in [-0.05, 0) is 22.3 Å². The fourth-order valence-electron chi connectivity index (χ4n) is 6.16. The number of fused-ring (bicyclic) bond motifs is 3. The van der Waals surface area contributed by atoms with Crippen LogP contribution in [-0.2, 0) is 58.9 Å². The van der Waals surface area contributed by atoms with Crippen molar-refractivity contribution in [2.75, 3.05) is 19.8 Å². The van der Waals surface area contributed by atoms with Crippen LogP contribution in [0.25, 0.3) is 11.1 Å². The molecule has 17 nitrogen and oxygen atoms in total. The number of ether oxygens (including phenoxy) is 6. The Balaban J connectivity index is 1.38. The average molecular weight is 709 g/mol. The first-order valence-electron chi connectivity index (χ1n) is 15.8. The van der Waals surface area contributed by atoms with Crippen LogP contribution in [0.2, 0.25) is 0 Å². The van der Waals surface area contributed by atoms with E-state index in [4.69, 9.17) is 28.4 Å². The summed E-state index contributed by atoms with van der Waals surface area (Å²) in [5.74, 6) is -4.67. The minimum Gasteiger partial charge on any atom is -0.480 e. The van der Waals surface area contributed by atoms with Crippen molar-refractivity contribution in [1.29, 1.82) is 0 Å². The fraction of sp³-hybridized carbons (Fsp3) is 0.412. The van der Waals surface area contributed by atoms with Crippen LogP contribution in [-0.4, -0.2) is 105 Å². The normalized spacial score (nSPS) is 20.7. The van der Waals surface area contributed by atoms with E-state index in [0.29, 0.717) is 0 Å². The van der Waals surface area contributed by atoms with Crippen molar-refractivity contribution in [2.45, 2.75) is 70.8 Å². The molecule has 1 saturated heterocycles. The third-order valence-electron chi connectivity index (χ3n) is 8.06. The van der Waals surface area contributed by atoms with Gasteiger partial charge < -0.3 is 33.5 Å². The molecule has 3 aromatic rings. The lowest BCUT2D eigenvalue weighted by Crippen LogP contribution is -2.60. The Hall–Kier alpha value is -5.84. The minimum absolute atomic E-state index is 0.0551. The summed E-state index contributed by atoms with van der Waals surface area (Å²) in [4.78, 5) is 74.1. The van der Waals surface area contributed by atoms with Crippen molar-refractivity contribution in [3.63, 3.8) is 0 Å². The van der Waals surface area contributed by atoms with E-state index in [1.54, 1.807) is 0 Å². The molecule has 1 N–H and O–H groups in total. The Kier molecular flexibility index (Phi) is 11.3. The summed E-state index contributed by atoms with van der Waals surface area (Å²) in [6.45, 7) is 2.83. The summed E-state index contributed by atoms with van der Waals surface area (Å²) >= 11 is 0. The second-order valence-corrected chi connectivity index (χ2v) is 11.8. The van der Waals surface area contributed by atoms with Gasteiger partial charge in [-0.15, -0.1) is 5.10 Å². The molecule has 1 aliphatic heterocycles. The molecule has 0 radical (unpaired) electrons. The molecule has 5 atom stereocenters. The van der Waals surface area contributed by atoms with E-state index < -0.39 is 79.7 Å². The molecule has 0 spiro atoms. The van der Waals surface area contributed by atoms with Crippen LogP contribution in [0, 0.1) is 0 Å². The van der Waals surface area contributed by atoms with Crippen molar-refractivity contribution in [3.8, 4) is 11.1 Å². The first-order chi connectivity index (χ1) is 24.3. The molecular weight excluding hydrogens is 672 g/mol. The summed E-state index contributed by atoms with van der Waals surface area (Å²) in [5.41, 5.74) is 4.08. The number of carboxylic acid groups (broad SMARTS) is 1. The van der Waals surface area contributed by atoms with E-state index in [1.807, 2.05) is 48.5 Å². The lowest BCUT2D eigenvalue weighted by Gasteiger charge is -2.44. The maximum Gasteiger partial charge on any atom is 0.410 e. The van der Waals surface area contributed by atoms with Gasteiger partial charge in [0.1, 0.15) is 31.6 Å². The van der Waals surface area contributed by atoms with Gasteiger partial charge in [0.2, 0.25) is 0 Å². The molecule has 1 amide bonds. The highest BCUT2D eigenvalue weighted by atomic mass is 16.7. The molecule has 0 saturated carbocycles. The predicted molar refractivity (Wildman–Crippen MR) is 170 cm³/mol. The molecule has 5 rings (SSSR count). The van der Waals surface area contributed by atoms with E-state index in [2.05, 4.69) is 10.3 Å². The second-order valence-electron chi connectivity index (χ2n) is 11.8. The first-order valence-corrected chi connectivity index (χ1v) is 15.8. The topological polar surface area (TPSA) is 212 Å². The smallest absolute Gasteiger partial charge is 0.410 e. The van der Waals surface area contributed by atoms with Gasteiger partial charge in [0, 0.05) is 33.6 Å². The predicted octanol–water partition coefficient (Wildman–Crippen LogP) is 2.37. The van der Waals surface area contributed by atoms with Gasteiger partial charge in [-0.2, -0.15) is 0 Å². The average Bonchev–Trinajstić information content (AvgIpc) is 3.66. The second kappa shape index (κ2) is 15.8. The lowest BCUT2D eigenvalue weighted by molar-refractivity contribution is -0.270. The number of hydrogen-bond acceptors (Lipinski definition) is 14. The van der Waals surface area contributed by atoms with E-state index in [0.717, 1.165) is 59.5 Å². The van der Waals surface area contributed by atoms with E-state index in [9.17, 15) is 33.9 Å². The zero-order valence-electron chi connectivity index (χ0n) is 28.1. The molecule has 51 heavy (non-hydrogen) atoms. The fourth-order valence-corrected chi connectivity index (χ4v) is 6.16. The van der Waals surface area contributed by atoms with Crippen molar-refractivity contribution in [1.82, 2.24) is 19.9 Å². The Bertz CT molecular complexity index is 1760. The third-order valence-corrected chi connectivity index (χ3v) is 8.06. The van der Waals surface area contributed by atoms with Gasteiger partial charge in [-0.25, -0.2) is 9.48 Å². The van der Waals surface area contributed by atoms with Crippen LogP contribution in [0.4, 0.5) is 4.79 Å². The molecule has 0 bridgehead atoms. The Labute approximate surface area is 291 Å². The number of esters is 4. The Morgan fingerprint density at radius 2 is 1.33 bits per heavy atom. The highest BCUT2D eigenvalue weighted by Gasteiger charge is 2.53. The molecule has 17 heteroatoms. The summed E-state index contributed by atoms with van der Waals surface area (Å²) in [7, 11) is 0. The summed E-state index contributed by atoms with van der Waals surface area (Å²) in [6.07, 6.45) is -6.55. The molecule has 1 aromatic heterocycles. The molecule has 270 valence electrons. The Morgan fingerprint density at radius 1 is 0.765 bits per heavy atom. The Morgan fingerprint density at radius 3 is 1.90 bits per heavy atom. The largest absolute Gasteiger partial charge is 0.480 e. The van der Waals surface area contributed by atoms with E-state index in [-0.39, 0.29) is 24.8 Å². The molecule has 0 unspecified atom stereocenters. The van der Waals surface area contributed by atoms with Crippen molar-refractivity contribution >= 4 is 35.9 Å². The zero-order valence-corrected chi connectivity index (χ0v) is 28.1. The molecule has 2 heterocycles. The van der Waals surface area contributed by atoms with E-state index >= 15 is 0 Å². The number of carboxylic acids is 1. The number of carbonyl (C=O) groups is 6. The number of aromatic nitrogens is 3. The van der Waals surface area contributed by atoms with Crippen LogP contribution in [0.15, 0.2) is 54.7 Å². The van der Waals surface area contributed by atoms with Crippen LogP contribution in [0.3, 0.4) is 0 Å². The molecule has 2 aliphatic rings. The van der Waals surface area contributed by atoms with Gasteiger partial charge in [0.05, 0.1) is 12.7 Å². The first kappa shape index (κ1) is 36.4. The summed E-state index contributed by atoms with van der Waals surface area (Å²) in [6, 6.07) is 15.5. The van der Waals surface area contributed by atoms with Gasteiger partial charge in [0.25, 0.3) is 0 Å². The van der Waals surface area contributed by atoms with Crippen LogP contribution >= 0.6 is 0 Å². The van der Waals surface area contributed by atoms with Crippen molar-refractivity contribution in [3.05, 3.63) is 71.5 Å². The van der Waals surface area contributed by atoms with E-state index in [1.165, 1.54) is 6.20 Å². The third kappa shape index (κ3) is 8.67. The molecule has 1 fully saturated rings. The molecule has 1 aliphatic carbocycles. The number of rotatable bonds is 12. The van der Waals surface area contributed by atoms with Crippen LogP contribution in [0.5, 0.6) is 0 Å². The molecule has 2 aromatic carbocycles. The monoisotopic (exact) mass is 708 g/mol. The lowest BCUT2D eigenvalue weighted by atomic mass is 9.97. The van der Waals surface area contributed by atoms with Gasteiger partial charge in [0.15, 0.2) is 24.5 Å². The highest BCUT2D eigenvalue weighted by Crippen LogP contribution is 2.44. The van der Waals surface area contributed by atoms with Gasteiger partial charge in [-0.1, -0.05) is 53.7 Å². The van der Waals surface area contributed by atoms with Crippen molar-refractivity contribution in [2.24, 2.45) is 0 Å². The van der Waals surface area contributed by atoms with Gasteiger partial charge >= 0.3 is 35.9 Å². The van der Waals surface area contributed by atoms with Gasteiger partial charge in [-0.3, -0.25) is 28.9 Å². The number of hydrogen-bond donors (Lipinski definition) is 1. The highest BCUT2D eigenvalue weighted by molar-refractivity contribution is 5.80. The number of amides is 1. The minimum atomic E-state index is -1.46. The zero-order chi connectivity index (χ0) is 36.8. The quantitative estimate of drug-likeness (QED) is 0.211. The number of benzene rings is 2. The maximum atomic E-state index is 13.4. The SMILES string of the molecule is CC(=O)OC[C@H]1O[C@@H](n2cc(CN(CC(=O)O)C(=O)OCC3c4ccccc4-c4ccccc43)nn2)[C@H](OC(C)=O)[C@@H](OC(C)=O)[C@@H]1OC(C)=O. The number of aliphatic carboxylic acids is 1. The number of nitrogens with zero attached hydrogens (tertiary/aromatic N) is 4. The summed E-state index contributed by atoms with van der Waals surface area (Å²) < 4.78 is 34.3. The van der Waals surface area contributed by atoms with Crippen molar-refractivity contribution < 1.29 is 62.3 Å². The number of carbonyl (C=O) groups excluding carboxylic acids is 5. The molecular formula is C34H36N4O13. The standard InChI is InChI=1S/C34H36N4O13/c1-18(39)46-17-28-30(48-19(2)40)31(49-20(3)41)32(50-21(4)42)33(51-28)38-14-22(35-36-38)13-37(15-29(43)44)34(45)47-16-27-25-11-7-5-9-23(25)24-10-6-8-12-26(24)27/h5-12,14,27-28,30-33H,13,15-17H2,1-4H3,(H,43,44)/t28-,30-,31+,32-,33-/m1/s1.